The standard InChI is InChI=1S/C12H16N4O2S/c1-7(2)5-10-15-16-12(19-10)14-11(17)9-4-3-8(6-13)18-9/h3-4,7H,5-6,13H2,1-2H3,(H,14,16,17). The Morgan fingerprint density at radius 1 is 1.47 bits per heavy atom. The number of furan rings is 1. The molecule has 0 aliphatic carbocycles. The number of hydrogen-bond acceptors (Lipinski definition) is 6. The Morgan fingerprint density at radius 3 is 2.89 bits per heavy atom. The van der Waals surface area contributed by atoms with Crippen LogP contribution in [0.4, 0.5) is 5.13 Å². The molecule has 0 atom stereocenters. The average Bonchev–Trinajstić information content (AvgIpc) is 2.97. The van der Waals surface area contributed by atoms with Crippen LogP contribution in [0.2, 0.25) is 0 Å². The molecule has 2 aromatic rings. The first-order valence-corrected chi connectivity index (χ1v) is 6.82. The second-order valence-electron chi connectivity index (χ2n) is 4.52. The van der Waals surface area contributed by atoms with Gasteiger partial charge < -0.3 is 10.2 Å². The summed E-state index contributed by atoms with van der Waals surface area (Å²) in [6.07, 6.45) is 0.853. The molecule has 0 aromatic carbocycles. The zero-order valence-electron chi connectivity index (χ0n) is 10.8. The lowest BCUT2D eigenvalue weighted by Crippen LogP contribution is -2.10. The van der Waals surface area contributed by atoms with Gasteiger partial charge in [-0.05, 0) is 18.1 Å². The number of carbonyl (C=O) groups excluding carboxylic acids is 1. The molecule has 0 bridgehead atoms. The van der Waals surface area contributed by atoms with Crippen LogP contribution in [0.25, 0.3) is 0 Å². The third-order valence-electron chi connectivity index (χ3n) is 2.36. The van der Waals surface area contributed by atoms with Crippen LogP contribution in [0.1, 0.15) is 35.2 Å². The lowest BCUT2D eigenvalue weighted by Gasteiger charge is -1.98. The number of hydrogen-bond donors (Lipinski definition) is 2. The van der Waals surface area contributed by atoms with Crippen molar-refractivity contribution in [3.63, 3.8) is 0 Å². The van der Waals surface area contributed by atoms with Gasteiger partial charge >= 0.3 is 0 Å². The topological polar surface area (TPSA) is 94.0 Å². The molecule has 0 saturated carbocycles. The zero-order chi connectivity index (χ0) is 13.8. The molecule has 0 saturated heterocycles. The van der Waals surface area contributed by atoms with Gasteiger partial charge in [-0.25, -0.2) is 0 Å². The summed E-state index contributed by atoms with van der Waals surface area (Å²) in [5.74, 6) is 0.963. The molecule has 3 N–H and O–H groups in total. The molecule has 1 amide bonds. The quantitative estimate of drug-likeness (QED) is 0.874. The van der Waals surface area contributed by atoms with Gasteiger partial charge in [-0.1, -0.05) is 25.2 Å². The van der Waals surface area contributed by atoms with Gasteiger partial charge in [0.25, 0.3) is 5.91 Å². The monoisotopic (exact) mass is 280 g/mol. The highest BCUT2D eigenvalue weighted by Crippen LogP contribution is 2.19. The van der Waals surface area contributed by atoms with Gasteiger partial charge in [0.1, 0.15) is 10.8 Å². The Labute approximate surface area is 115 Å². The van der Waals surface area contributed by atoms with Gasteiger partial charge in [0, 0.05) is 6.42 Å². The Kier molecular flexibility index (Phi) is 4.28. The second-order valence-corrected chi connectivity index (χ2v) is 5.59. The van der Waals surface area contributed by atoms with Crippen molar-refractivity contribution in [1.82, 2.24) is 10.2 Å². The summed E-state index contributed by atoms with van der Waals surface area (Å²) in [6.45, 7) is 4.48. The van der Waals surface area contributed by atoms with Crippen LogP contribution < -0.4 is 11.1 Å². The Morgan fingerprint density at radius 2 is 2.26 bits per heavy atom. The second kappa shape index (κ2) is 5.94. The third-order valence-corrected chi connectivity index (χ3v) is 3.22. The normalized spacial score (nSPS) is 10.9. The summed E-state index contributed by atoms with van der Waals surface area (Å²) in [6, 6.07) is 3.27. The molecule has 6 nitrogen and oxygen atoms in total. The first kappa shape index (κ1) is 13.7. The lowest BCUT2D eigenvalue weighted by molar-refractivity contribution is 0.0995. The van der Waals surface area contributed by atoms with Crippen molar-refractivity contribution in [2.45, 2.75) is 26.8 Å². The van der Waals surface area contributed by atoms with E-state index >= 15 is 0 Å². The molecular formula is C12H16N4O2S. The van der Waals surface area contributed by atoms with Crippen molar-refractivity contribution in [2.24, 2.45) is 11.7 Å². The number of anilines is 1. The minimum absolute atomic E-state index is 0.223. The zero-order valence-corrected chi connectivity index (χ0v) is 11.7. The molecule has 0 spiro atoms. The predicted octanol–water partition coefficient (Wildman–Crippen LogP) is 2.04. The van der Waals surface area contributed by atoms with E-state index in [-0.39, 0.29) is 18.2 Å². The Hall–Kier alpha value is -1.73. The van der Waals surface area contributed by atoms with Gasteiger partial charge in [0.05, 0.1) is 6.54 Å². The van der Waals surface area contributed by atoms with E-state index in [1.54, 1.807) is 12.1 Å². The number of carbonyl (C=O) groups is 1. The highest BCUT2D eigenvalue weighted by molar-refractivity contribution is 7.15. The van der Waals surface area contributed by atoms with Crippen molar-refractivity contribution >= 4 is 22.4 Å². The summed E-state index contributed by atoms with van der Waals surface area (Å²) in [4.78, 5) is 11.9. The molecule has 7 heteroatoms. The lowest BCUT2D eigenvalue weighted by atomic mass is 10.1. The molecule has 0 radical (unpaired) electrons. The van der Waals surface area contributed by atoms with Crippen molar-refractivity contribution < 1.29 is 9.21 Å². The fourth-order valence-corrected chi connectivity index (χ4v) is 2.45. The van der Waals surface area contributed by atoms with E-state index < -0.39 is 0 Å². The van der Waals surface area contributed by atoms with Gasteiger partial charge in [-0.15, -0.1) is 10.2 Å². The van der Waals surface area contributed by atoms with Crippen molar-refractivity contribution in [3.05, 3.63) is 28.7 Å². The van der Waals surface area contributed by atoms with Gasteiger partial charge in [-0.3, -0.25) is 10.1 Å². The van der Waals surface area contributed by atoms with Crippen LogP contribution >= 0.6 is 11.3 Å². The smallest absolute Gasteiger partial charge is 0.293 e. The van der Waals surface area contributed by atoms with Crippen molar-refractivity contribution in [3.8, 4) is 0 Å². The first-order valence-electron chi connectivity index (χ1n) is 6.01. The SMILES string of the molecule is CC(C)Cc1nnc(NC(=O)c2ccc(CN)o2)s1. The third kappa shape index (κ3) is 3.62. The fourth-order valence-electron chi connectivity index (χ4n) is 1.50. The number of nitrogens with zero attached hydrogens (tertiary/aromatic N) is 2. The van der Waals surface area contributed by atoms with Gasteiger partial charge in [-0.2, -0.15) is 0 Å². The summed E-state index contributed by atoms with van der Waals surface area (Å²) in [5, 5.41) is 12.0. The molecule has 2 aromatic heterocycles. The molecular weight excluding hydrogens is 264 g/mol. The Balaban J connectivity index is 2.00. The molecule has 0 aliphatic heterocycles. The van der Waals surface area contributed by atoms with Gasteiger partial charge in [0.15, 0.2) is 5.76 Å². The Bertz CT molecular complexity index is 562. The fraction of sp³-hybridized carbons (Fsp3) is 0.417. The summed E-state index contributed by atoms with van der Waals surface area (Å²) in [7, 11) is 0. The van der Waals surface area contributed by atoms with Crippen LogP contribution in [-0.4, -0.2) is 16.1 Å². The minimum Gasteiger partial charge on any atom is -0.455 e. The maximum atomic E-state index is 11.9. The van der Waals surface area contributed by atoms with Crippen LogP contribution in [-0.2, 0) is 13.0 Å². The number of nitrogens with one attached hydrogen (secondary N) is 1. The van der Waals surface area contributed by atoms with E-state index in [1.807, 2.05) is 0 Å². The van der Waals surface area contributed by atoms with Crippen molar-refractivity contribution in [1.29, 1.82) is 0 Å². The van der Waals surface area contributed by atoms with Gasteiger partial charge in [0.2, 0.25) is 5.13 Å². The van der Waals surface area contributed by atoms with Crippen LogP contribution in [0.5, 0.6) is 0 Å². The summed E-state index contributed by atoms with van der Waals surface area (Å²) < 4.78 is 5.26. The maximum absolute atomic E-state index is 11.9. The molecule has 102 valence electrons. The molecule has 0 fully saturated rings. The first-order chi connectivity index (χ1) is 9.08. The van der Waals surface area contributed by atoms with Crippen LogP contribution in [0.15, 0.2) is 16.5 Å². The molecule has 0 unspecified atom stereocenters. The van der Waals surface area contributed by atoms with Crippen LogP contribution in [0.3, 0.4) is 0 Å². The number of aromatic nitrogens is 2. The predicted molar refractivity (Wildman–Crippen MR) is 73.0 cm³/mol. The number of nitrogens with two attached hydrogens (primary N) is 1. The molecule has 0 aliphatic rings. The average molecular weight is 280 g/mol. The van der Waals surface area contributed by atoms with E-state index in [2.05, 4.69) is 29.4 Å². The highest BCUT2D eigenvalue weighted by Gasteiger charge is 2.14. The minimum atomic E-state index is -0.341. The molecule has 19 heavy (non-hydrogen) atoms. The number of rotatable bonds is 5. The summed E-state index contributed by atoms with van der Waals surface area (Å²) >= 11 is 1.38. The summed E-state index contributed by atoms with van der Waals surface area (Å²) in [5.41, 5.74) is 5.42. The van der Waals surface area contributed by atoms with E-state index in [0.717, 1.165) is 11.4 Å². The highest BCUT2D eigenvalue weighted by atomic mass is 32.1. The van der Waals surface area contributed by atoms with E-state index in [0.29, 0.717) is 16.8 Å². The van der Waals surface area contributed by atoms with E-state index in [4.69, 9.17) is 10.2 Å². The van der Waals surface area contributed by atoms with Crippen LogP contribution in [0, 0.1) is 5.92 Å². The van der Waals surface area contributed by atoms with Crippen molar-refractivity contribution in [2.75, 3.05) is 5.32 Å². The number of amides is 1. The van der Waals surface area contributed by atoms with E-state index in [9.17, 15) is 4.79 Å². The molecule has 2 rings (SSSR count). The largest absolute Gasteiger partial charge is 0.455 e. The maximum Gasteiger partial charge on any atom is 0.293 e. The molecule has 2 heterocycles. The van der Waals surface area contributed by atoms with E-state index in [1.165, 1.54) is 11.3 Å².